The molecule has 2 N–H and O–H groups in total. The highest BCUT2D eigenvalue weighted by Crippen LogP contribution is 2.17. The first-order valence-electron chi connectivity index (χ1n) is 7.12. The molecule has 0 spiro atoms. The third kappa shape index (κ3) is 4.69. The molecule has 8 nitrogen and oxygen atoms in total. The third-order valence-corrected chi connectivity index (χ3v) is 4.72. The summed E-state index contributed by atoms with van der Waals surface area (Å²) in [5.74, 6) is 1.08. The number of nitrogens with zero attached hydrogens (tertiary/aromatic N) is 3. The Balaban J connectivity index is 2.11. The van der Waals surface area contributed by atoms with E-state index in [1.54, 1.807) is 0 Å². The van der Waals surface area contributed by atoms with Crippen molar-refractivity contribution in [2.24, 2.45) is 0 Å². The lowest BCUT2D eigenvalue weighted by Crippen LogP contribution is -2.22. The van der Waals surface area contributed by atoms with Crippen molar-refractivity contribution in [1.82, 2.24) is 15.0 Å². The Labute approximate surface area is 124 Å². The number of anilines is 2. The molecule has 118 valence electrons. The van der Waals surface area contributed by atoms with Crippen LogP contribution >= 0.6 is 0 Å². The Kier molecular flexibility index (Phi) is 5.16. The van der Waals surface area contributed by atoms with Gasteiger partial charge in [-0.05, 0) is 19.8 Å². The molecule has 1 saturated heterocycles. The zero-order chi connectivity index (χ0) is 15.3. The minimum Gasteiger partial charge on any atom is -0.463 e. The van der Waals surface area contributed by atoms with E-state index in [1.807, 2.05) is 13.8 Å². The SMILES string of the molecule is CCCOc1nc(NCC)nc(NC2CCS(=O)(=O)C2)n1. The molecule has 0 aliphatic carbocycles. The van der Waals surface area contributed by atoms with Crippen molar-refractivity contribution >= 4 is 21.7 Å². The van der Waals surface area contributed by atoms with Gasteiger partial charge in [-0.1, -0.05) is 6.92 Å². The summed E-state index contributed by atoms with van der Waals surface area (Å²) < 4.78 is 28.4. The molecule has 2 rings (SSSR count). The quantitative estimate of drug-likeness (QED) is 0.757. The van der Waals surface area contributed by atoms with Crippen LogP contribution in [0.1, 0.15) is 26.7 Å². The number of hydrogen-bond donors (Lipinski definition) is 2. The fourth-order valence-corrected chi connectivity index (χ4v) is 3.68. The van der Waals surface area contributed by atoms with Gasteiger partial charge in [0, 0.05) is 12.6 Å². The van der Waals surface area contributed by atoms with Crippen LogP contribution in [0.2, 0.25) is 0 Å². The number of aromatic nitrogens is 3. The average molecular weight is 315 g/mol. The van der Waals surface area contributed by atoms with Gasteiger partial charge in [-0.2, -0.15) is 15.0 Å². The summed E-state index contributed by atoms with van der Waals surface area (Å²) in [6.07, 6.45) is 1.42. The predicted molar refractivity (Wildman–Crippen MR) is 80.5 cm³/mol. The molecule has 1 aromatic rings. The molecule has 0 amide bonds. The van der Waals surface area contributed by atoms with Crippen molar-refractivity contribution in [2.75, 3.05) is 35.3 Å². The maximum Gasteiger partial charge on any atom is 0.323 e. The van der Waals surface area contributed by atoms with Gasteiger partial charge in [0.25, 0.3) is 0 Å². The van der Waals surface area contributed by atoms with Gasteiger partial charge in [-0.3, -0.25) is 0 Å². The summed E-state index contributed by atoms with van der Waals surface area (Å²) in [6.45, 7) is 5.13. The second-order valence-corrected chi connectivity index (χ2v) is 7.12. The second kappa shape index (κ2) is 6.88. The molecule has 0 aromatic carbocycles. The van der Waals surface area contributed by atoms with Crippen molar-refractivity contribution < 1.29 is 13.2 Å². The molecule has 1 unspecified atom stereocenters. The van der Waals surface area contributed by atoms with Crippen LogP contribution in [0.4, 0.5) is 11.9 Å². The monoisotopic (exact) mass is 315 g/mol. The highest BCUT2D eigenvalue weighted by Gasteiger charge is 2.28. The lowest BCUT2D eigenvalue weighted by molar-refractivity contribution is 0.292. The van der Waals surface area contributed by atoms with Crippen LogP contribution in [0.25, 0.3) is 0 Å². The fraction of sp³-hybridized carbons (Fsp3) is 0.750. The van der Waals surface area contributed by atoms with Crippen LogP contribution in [-0.4, -0.2) is 54.1 Å². The Bertz CT molecular complexity index is 578. The predicted octanol–water partition coefficient (Wildman–Crippen LogP) is 0.691. The van der Waals surface area contributed by atoms with E-state index in [-0.39, 0.29) is 23.6 Å². The summed E-state index contributed by atoms with van der Waals surface area (Å²) in [5, 5.41) is 6.06. The third-order valence-electron chi connectivity index (χ3n) is 2.95. The molecule has 0 bridgehead atoms. The number of rotatable bonds is 7. The topological polar surface area (TPSA) is 106 Å². The summed E-state index contributed by atoms with van der Waals surface area (Å²) >= 11 is 0. The Morgan fingerprint density at radius 2 is 2.00 bits per heavy atom. The molecule has 1 aromatic heterocycles. The first-order valence-corrected chi connectivity index (χ1v) is 8.94. The number of sulfone groups is 1. The zero-order valence-corrected chi connectivity index (χ0v) is 13.1. The number of nitrogens with one attached hydrogen (secondary N) is 2. The van der Waals surface area contributed by atoms with Gasteiger partial charge in [0.1, 0.15) is 0 Å². The Hall–Kier alpha value is -1.64. The maximum atomic E-state index is 11.5. The highest BCUT2D eigenvalue weighted by atomic mass is 32.2. The highest BCUT2D eigenvalue weighted by molar-refractivity contribution is 7.91. The van der Waals surface area contributed by atoms with Crippen molar-refractivity contribution in [3.8, 4) is 6.01 Å². The molecule has 0 saturated carbocycles. The van der Waals surface area contributed by atoms with Crippen LogP contribution in [0.3, 0.4) is 0 Å². The summed E-state index contributed by atoms with van der Waals surface area (Å²) in [6, 6.07) is 0.0806. The molecule has 2 heterocycles. The van der Waals surface area contributed by atoms with Crippen molar-refractivity contribution in [3.63, 3.8) is 0 Å². The number of hydrogen-bond acceptors (Lipinski definition) is 8. The molecule has 1 atom stereocenters. The van der Waals surface area contributed by atoms with Gasteiger partial charge in [0.15, 0.2) is 9.84 Å². The van der Waals surface area contributed by atoms with Crippen LogP contribution in [0.5, 0.6) is 6.01 Å². The van der Waals surface area contributed by atoms with Crippen molar-refractivity contribution in [3.05, 3.63) is 0 Å². The van der Waals surface area contributed by atoms with Gasteiger partial charge >= 0.3 is 6.01 Å². The van der Waals surface area contributed by atoms with E-state index in [0.29, 0.717) is 31.5 Å². The van der Waals surface area contributed by atoms with E-state index in [1.165, 1.54) is 0 Å². The van der Waals surface area contributed by atoms with Crippen LogP contribution < -0.4 is 15.4 Å². The first-order chi connectivity index (χ1) is 10.0. The summed E-state index contributed by atoms with van der Waals surface area (Å²) in [5.41, 5.74) is 0. The van der Waals surface area contributed by atoms with Crippen LogP contribution in [-0.2, 0) is 9.84 Å². The van der Waals surface area contributed by atoms with E-state index in [4.69, 9.17) is 4.74 Å². The van der Waals surface area contributed by atoms with E-state index in [9.17, 15) is 8.42 Å². The minimum atomic E-state index is -2.94. The zero-order valence-electron chi connectivity index (χ0n) is 12.3. The minimum absolute atomic E-state index is 0.111. The summed E-state index contributed by atoms with van der Waals surface area (Å²) in [4.78, 5) is 12.5. The molecule has 0 radical (unpaired) electrons. The molecule has 1 fully saturated rings. The van der Waals surface area contributed by atoms with Gasteiger partial charge in [0.05, 0.1) is 18.1 Å². The largest absolute Gasteiger partial charge is 0.463 e. The Morgan fingerprint density at radius 3 is 2.62 bits per heavy atom. The van der Waals surface area contributed by atoms with E-state index in [2.05, 4.69) is 25.6 Å². The maximum absolute atomic E-state index is 11.5. The number of ether oxygens (including phenoxy) is 1. The molecular weight excluding hydrogens is 294 g/mol. The van der Waals surface area contributed by atoms with Crippen molar-refractivity contribution in [1.29, 1.82) is 0 Å². The Morgan fingerprint density at radius 1 is 1.24 bits per heavy atom. The first kappa shape index (κ1) is 15.7. The summed E-state index contributed by atoms with van der Waals surface area (Å²) in [7, 11) is -2.94. The van der Waals surface area contributed by atoms with Gasteiger partial charge < -0.3 is 15.4 Å². The van der Waals surface area contributed by atoms with Gasteiger partial charge in [0.2, 0.25) is 11.9 Å². The lowest BCUT2D eigenvalue weighted by Gasteiger charge is -2.13. The second-order valence-electron chi connectivity index (χ2n) is 4.89. The van der Waals surface area contributed by atoms with Crippen LogP contribution in [0.15, 0.2) is 0 Å². The van der Waals surface area contributed by atoms with Crippen molar-refractivity contribution in [2.45, 2.75) is 32.7 Å². The normalized spacial score (nSPS) is 20.2. The molecule has 9 heteroatoms. The average Bonchev–Trinajstić information content (AvgIpc) is 2.76. The van der Waals surface area contributed by atoms with E-state index < -0.39 is 9.84 Å². The standard InChI is InChI=1S/C12H21N5O3S/c1-3-6-20-12-16-10(13-4-2)15-11(17-12)14-9-5-7-21(18,19)8-9/h9H,3-8H2,1-2H3,(H2,13,14,15,16,17). The van der Waals surface area contributed by atoms with E-state index in [0.717, 1.165) is 6.42 Å². The van der Waals surface area contributed by atoms with Gasteiger partial charge in [-0.25, -0.2) is 8.42 Å². The molecule has 21 heavy (non-hydrogen) atoms. The van der Waals surface area contributed by atoms with Crippen LogP contribution in [0, 0.1) is 0 Å². The smallest absolute Gasteiger partial charge is 0.323 e. The molecule has 1 aliphatic heterocycles. The lowest BCUT2D eigenvalue weighted by atomic mass is 10.3. The molecular formula is C12H21N5O3S. The fourth-order valence-electron chi connectivity index (χ4n) is 2.01. The van der Waals surface area contributed by atoms with E-state index >= 15 is 0 Å². The van der Waals surface area contributed by atoms with Gasteiger partial charge in [-0.15, -0.1) is 0 Å². The molecule has 1 aliphatic rings.